The van der Waals surface area contributed by atoms with Crippen molar-refractivity contribution in [2.75, 3.05) is 0 Å². The van der Waals surface area contributed by atoms with E-state index in [9.17, 15) is 0 Å². The molecule has 0 aliphatic heterocycles. The molecule has 0 aromatic carbocycles. The van der Waals surface area contributed by atoms with Gasteiger partial charge in [0.1, 0.15) is 0 Å². The molecule has 0 saturated heterocycles. The zero-order chi connectivity index (χ0) is 13.7. The first kappa shape index (κ1) is 12.9. The van der Waals surface area contributed by atoms with Gasteiger partial charge in [-0.05, 0) is 75.0 Å². The molecule has 0 amide bonds. The van der Waals surface area contributed by atoms with Crippen LogP contribution in [0.3, 0.4) is 0 Å². The van der Waals surface area contributed by atoms with Gasteiger partial charge in [-0.25, -0.2) is 0 Å². The number of aryl methyl sites for hydroxylation is 1. The van der Waals surface area contributed by atoms with Crippen molar-refractivity contribution in [1.29, 1.82) is 0 Å². The lowest BCUT2D eigenvalue weighted by atomic mass is 9.48. The molecule has 1 heterocycles. The summed E-state index contributed by atoms with van der Waals surface area (Å²) in [6, 6.07) is 0.187. The Morgan fingerprint density at radius 1 is 1.25 bits per heavy atom. The Kier molecular flexibility index (Phi) is 2.95. The van der Waals surface area contributed by atoms with Gasteiger partial charge in [0, 0.05) is 24.3 Å². The van der Waals surface area contributed by atoms with Crippen LogP contribution in [-0.2, 0) is 6.54 Å². The summed E-state index contributed by atoms with van der Waals surface area (Å²) in [6.07, 6.45) is 14.2. The van der Waals surface area contributed by atoms with Crippen LogP contribution in [0, 0.1) is 23.2 Å². The summed E-state index contributed by atoms with van der Waals surface area (Å²) < 4.78 is 1.99. The maximum Gasteiger partial charge on any atom is 0.0537 e. The first-order valence-corrected chi connectivity index (χ1v) is 8.44. The van der Waals surface area contributed by atoms with E-state index < -0.39 is 0 Å². The van der Waals surface area contributed by atoms with Crippen LogP contribution in [0.5, 0.6) is 0 Å². The third-order valence-electron chi connectivity index (χ3n) is 6.22. The van der Waals surface area contributed by atoms with Crippen molar-refractivity contribution >= 4 is 0 Å². The monoisotopic (exact) mass is 273 g/mol. The van der Waals surface area contributed by atoms with E-state index in [4.69, 9.17) is 5.73 Å². The van der Waals surface area contributed by atoms with Gasteiger partial charge in [-0.3, -0.25) is 4.68 Å². The number of rotatable bonds is 4. The smallest absolute Gasteiger partial charge is 0.0537 e. The number of aromatic nitrogens is 2. The lowest BCUT2D eigenvalue weighted by molar-refractivity contribution is -0.0605. The lowest BCUT2D eigenvalue weighted by Gasteiger charge is -2.57. The largest absolute Gasteiger partial charge is 0.324 e. The van der Waals surface area contributed by atoms with Gasteiger partial charge in [-0.1, -0.05) is 0 Å². The molecule has 0 radical (unpaired) electrons. The lowest BCUT2D eigenvalue weighted by Crippen LogP contribution is -2.47. The Balaban J connectivity index is 1.50. The van der Waals surface area contributed by atoms with Crippen LogP contribution >= 0.6 is 0 Å². The normalized spacial score (nSPS) is 40.2. The van der Waals surface area contributed by atoms with E-state index in [0.717, 1.165) is 24.3 Å². The fourth-order valence-electron chi connectivity index (χ4n) is 5.87. The molecule has 1 atom stereocenters. The summed E-state index contributed by atoms with van der Waals surface area (Å²) in [5, 5.41) is 4.39. The highest BCUT2D eigenvalue weighted by molar-refractivity contribution is 5.12. The van der Waals surface area contributed by atoms with Gasteiger partial charge < -0.3 is 5.73 Å². The van der Waals surface area contributed by atoms with Crippen molar-refractivity contribution < 1.29 is 0 Å². The maximum absolute atomic E-state index is 6.53. The zero-order valence-electron chi connectivity index (χ0n) is 12.6. The molecule has 4 aliphatic carbocycles. The van der Waals surface area contributed by atoms with Crippen LogP contribution < -0.4 is 5.73 Å². The van der Waals surface area contributed by atoms with Crippen LogP contribution in [0.1, 0.15) is 63.5 Å². The Bertz CT molecular complexity index is 455. The Morgan fingerprint density at radius 3 is 2.35 bits per heavy atom. The molecule has 5 rings (SSSR count). The quantitative estimate of drug-likeness (QED) is 0.912. The standard InChI is InChI=1S/C17H27N3/c1-2-20-11-15(10-19-20)16(18)9-17-6-12-3-13(7-17)5-14(4-12)8-17/h10-14,16H,2-9,18H2,1H3. The highest BCUT2D eigenvalue weighted by atomic mass is 15.3. The summed E-state index contributed by atoms with van der Waals surface area (Å²) >= 11 is 0. The molecular formula is C17H27N3. The van der Waals surface area contributed by atoms with Gasteiger partial charge in [0.15, 0.2) is 0 Å². The summed E-state index contributed by atoms with van der Waals surface area (Å²) in [6.45, 7) is 3.06. The van der Waals surface area contributed by atoms with Crippen LogP contribution in [0.15, 0.2) is 12.4 Å². The summed E-state index contributed by atoms with van der Waals surface area (Å²) in [5.41, 5.74) is 8.34. The van der Waals surface area contributed by atoms with Crippen molar-refractivity contribution in [3.8, 4) is 0 Å². The fraction of sp³-hybridized carbons (Fsp3) is 0.824. The minimum atomic E-state index is 0.187. The molecule has 4 saturated carbocycles. The van der Waals surface area contributed by atoms with Gasteiger partial charge in [0.25, 0.3) is 0 Å². The molecule has 20 heavy (non-hydrogen) atoms. The van der Waals surface area contributed by atoms with Crippen molar-refractivity contribution in [3.05, 3.63) is 18.0 Å². The zero-order valence-corrected chi connectivity index (χ0v) is 12.6. The van der Waals surface area contributed by atoms with Gasteiger partial charge in [-0.15, -0.1) is 0 Å². The minimum Gasteiger partial charge on any atom is -0.324 e. The number of hydrogen-bond acceptors (Lipinski definition) is 2. The fourth-order valence-corrected chi connectivity index (χ4v) is 5.87. The summed E-state index contributed by atoms with van der Waals surface area (Å²) in [7, 11) is 0. The summed E-state index contributed by atoms with van der Waals surface area (Å²) in [5.74, 6) is 3.06. The average molecular weight is 273 g/mol. The van der Waals surface area contributed by atoms with Crippen LogP contribution in [0.25, 0.3) is 0 Å². The molecule has 110 valence electrons. The van der Waals surface area contributed by atoms with Crippen molar-refractivity contribution in [3.63, 3.8) is 0 Å². The Labute approximate surface area is 121 Å². The average Bonchev–Trinajstić information content (AvgIpc) is 2.85. The highest BCUT2D eigenvalue weighted by Crippen LogP contribution is 2.62. The van der Waals surface area contributed by atoms with E-state index in [2.05, 4.69) is 18.2 Å². The Morgan fingerprint density at radius 2 is 1.85 bits per heavy atom. The molecular weight excluding hydrogens is 246 g/mol. The van der Waals surface area contributed by atoms with Gasteiger partial charge >= 0.3 is 0 Å². The molecule has 1 unspecified atom stereocenters. The minimum absolute atomic E-state index is 0.187. The molecule has 3 nitrogen and oxygen atoms in total. The molecule has 4 fully saturated rings. The summed E-state index contributed by atoms with van der Waals surface area (Å²) in [4.78, 5) is 0. The molecule has 4 aliphatic rings. The van der Waals surface area contributed by atoms with Crippen molar-refractivity contribution in [2.24, 2.45) is 28.9 Å². The Hall–Kier alpha value is -0.830. The third kappa shape index (κ3) is 2.11. The first-order valence-electron chi connectivity index (χ1n) is 8.44. The van der Waals surface area contributed by atoms with Gasteiger partial charge in [0.2, 0.25) is 0 Å². The third-order valence-corrected chi connectivity index (χ3v) is 6.22. The van der Waals surface area contributed by atoms with Crippen LogP contribution in [0.2, 0.25) is 0 Å². The van der Waals surface area contributed by atoms with Gasteiger partial charge in [-0.2, -0.15) is 5.10 Å². The van der Waals surface area contributed by atoms with E-state index in [-0.39, 0.29) is 6.04 Å². The maximum atomic E-state index is 6.53. The van der Waals surface area contributed by atoms with Crippen LogP contribution in [0.4, 0.5) is 0 Å². The molecule has 4 bridgehead atoms. The van der Waals surface area contributed by atoms with Crippen molar-refractivity contribution in [1.82, 2.24) is 9.78 Å². The molecule has 1 aromatic heterocycles. The van der Waals surface area contributed by atoms with E-state index >= 15 is 0 Å². The topological polar surface area (TPSA) is 43.8 Å². The van der Waals surface area contributed by atoms with Crippen molar-refractivity contribution in [2.45, 2.75) is 64.5 Å². The highest BCUT2D eigenvalue weighted by Gasteiger charge is 2.51. The second-order valence-corrected chi connectivity index (χ2v) is 7.86. The van der Waals surface area contributed by atoms with E-state index in [1.165, 1.54) is 50.5 Å². The number of nitrogens with two attached hydrogens (primary N) is 1. The second-order valence-electron chi connectivity index (χ2n) is 7.86. The van der Waals surface area contributed by atoms with Gasteiger partial charge in [0.05, 0.1) is 6.20 Å². The molecule has 1 aromatic rings. The van der Waals surface area contributed by atoms with E-state index in [1.807, 2.05) is 10.9 Å². The predicted octanol–water partition coefficient (Wildman–Crippen LogP) is 3.51. The van der Waals surface area contributed by atoms with E-state index in [1.54, 1.807) is 0 Å². The van der Waals surface area contributed by atoms with Crippen LogP contribution in [-0.4, -0.2) is 9.78 Å². The first-order chi connectivity index (χ1) is 9.66. The number of nitrogens with zero attached hydrogens (tertiary/aromatic N) is 2. The second kappa shape index (κ2) is 4.59. The molecule has 0 spiro atoms. The molecule has 3 heteroatoms. The van der Waals surface area contributed by atoms with E-state index in [0.29, 0.717) is 5.41 Å². The SMILES string of the molecule is CCn1cc(C(N)CC23CC4CC(CC(C4)C2)C3)cn1. The predicted molar refractivity (Wildman–Crippen MR) is 80.1 cm³/mol. The molecule has 2 N–H and O–H groups in total. The number of hydrogen-bond donors (Lipinski definition) is 1.